The summed E-state index contributed by atoms with van der Waals surface area (Å²) in [6.45, 7) is 9.18. The van der Waals surface area contributed by atoms with Gasteiger partial charge in [-0.1, -0.05) is 6.92 Å². The van der Waals surface area contributed by atoms with Gasteiger partial charge in [-0.3, -0.25) is 9.69 Å². The van der Waals surface area contributed by atoms with Gasteiger partial charge >= 0.3 is 5.97 Å². The predicted molar refractivity (Wildman–Crippen MR) is 65.9 cm³/mol. The van der Waals surface area contributed by atoms with Crippen molar-refractivity contribution in [3.8, 4) is 0 Å². The number of hydrogen-bond acceptors (Lipinski definition) is 5. The van der Waals surface area contributed by atoms with Crippen molar-refractivity contribution in [2.24, 2.45) is 0 Å². The second-order valence-electron chi connectivity index (χ2n) is 4.58. The zero-order valence-electron chi connectivity index (χ0n) is 11.2. The van der Waals surface area contributed by atoms with Crippen LogP contribution < -0.4 is 5.32 Å². The zero-order chi connectivity index (χ0) is 12.8. The molecule has 0 aromatic heterocycles. The van der Waals surface area contributed by atoms with Gasteiger partial charge in [0, 0.05) is 19.1 Å². The summed E-state index contributed by atoms with van der Waals surface area (Å²) in [7, 11) is 1.43. The lowest BCUT2D eigenvalue weighted by atomic mass is 10.1. The fraction of sp³-hybridized carbons (Fsp3) is 0.917. The van der Waals surface area contributed by atoms with Gasteiger partial charge in [0.25, 0.3) is 0 Å². The summed E-state index contributed by atoms with van der Waals surface area (Å²) >= 11 is 0. The van der Waals surface area contributed by atoms with Crippen LogP contribution >= 0.6 is 0 Å². The highest BCUT2D eigenvalue weighted by atomic mass is 16.5. The van der Waals surface area contributed by atoms with Crippen LogP contribution in [0.5, 0.6) is 0 Å². The monoisotopic (exact) mass is 244 g/mol. The van der Waals surface area contributed by atoms with Crippen molar-refractivity contribution in [2.45, 2.75) is 39.0 Å². The standard InChI is InChI=1S/C12H24N2O3/c1-5-13-11(12(15)16-4)7-14-6-10(3)17-8-9(14)2/h9-11,13H,5-8H2,1-4H3. The lowest BCUT2D eigenvalue weighted by Gasteiger charge is -2.38. The molecule has 1 heterocycles. The van der Waals surface area contributed by atoms with Crippen molar-refractivity contribution in [3.05, 3.63) is 0 Å². The number of esters is 1. The molecule has 3 atom stereocenters. The smallest absolute Gasteiger partial charge is 0.324 e. The van der Waals surface area contributed by atoms with Gasteiger partial charge in [-0.25, -0.2) is 0 Å². The number of ether oxygens (including phenoxy) is 2. The Morgan fingerprint density at radius 2 is 2.29 bits per heavy atom. The molecule has 5 nitrogen and oxygen atoms in total. The lowest BCUT2D eigenvalue weighted by molar-refractivity contribution is -0.144. The second kappa shape index (κ2) is 6.93. The van der Waals surface area contributed by atoms with E-state index in [0.29, 0.717) is 12.6 Å². The summed E-state index contributed by atoms with van der Waals surface area (Å²) in [6, 6.07) is 0.0924. The highest BCUT2D eigenvalue weighted by Gasteiger charge is 2.28. The van der Waals surface area contributed by atoms with Crippen molar-refractivity contribution in [2.75, 3.05) is 33.4 Å². The molecule has 1 fully saturated rings. The Kier molecular flexibility index (Phi) is 5.88. The van der Waals surface area contributed by atoms with Gasteiger partial charge in [0.1, 0.15) is 6.04 Å². The maximum absolute atomic E-state index is 11.6. The van der Waals surface area contributed by atoms with Crippen LogP contribution in [0.2, 0.25) is 0 Å². The van der Waals surface area contributed by atoms with Crippen LogP contribution in [-0.2, 0) is 14.3 Å². The lowest BCUT2D eigenvalue weighted by Crippen LogP contribution is -2.54. The van der Waals surface area contributed by atoms with Crippen molar-refractivity contribution >= 4 is 5.97 Å². The first-order valence-corrected chi connectivity index (χ1v) is 6.25. The van der Waals surface area contributed by atoms with Crippen LogP contribution in [0.4, 0.5) is 0 Å². The molecular weight excluding hydrogens is 220 g/mol. The Morgan fingerprint density at radius 3 is 2.88 bits per heavy atom. The molecule has 0 amide bonds. The number of nitrogens with zero attached hydrogens (tertiary/aromatic N) is 1. The Morgan fingerprint density at radius 1 is 1.59 bits per heavy atom. The summed E-state index contributed by atoms with van der Waals surface area (Å²) in [6.07, 6.45) is 0.228. The molecule has 3 unspecified atom stereocenters. The molecule has 17 heavy (non-hydrogen) atoms. The van der Waals surface area contributed by atoms with E-state index in [-0.39, 0.29) is 18.1 Å². The summed E-state index contributed by atoms with van der Waals surface area (Å²) in [5, 5.41) is 3.16. The molecule has 0 aromatic carbocycles. The fourth-order valence-corrected chi connectivity index (χ4v) is 2.07. The SMILES string of the molecule is CCNC(CN1CC(C)OCC1C)C(=O)OC. The van der Waals surface area contributed by atoms with E-state index in [9.17, 15) is 4.79 Å². The summed E-state index contributed by atoms with van der Waals surface area (Å²) in [4.78, 5) is 13.9. The summed E-state index contributed by atoms with van der Waals surface area (Å²) < 4.78 is 10.4. The minimum Gasteiger partial charge on any atom is -0.468 e. The molecule has 0 saturated carbocycles. The van der Waals surface area contributed by atoms with Gasteiger partial charge in [0.2, 0.25) is 0 Å². The fourth-order valence-electron chi connectivity index (χ4n) is 2.07. The van der Waals surface area contributed by atoms with Crippen LogP contribution in [0, 0.1) is 0 Å². The molecule has 1 aliphatic heterocycles. The average Bonchev–Trinajstić information content (AvgIpc) is 2.32. The number of carbonyl (C=O) groups excluding carboxylic acids is 1. The average molecular weight is 244 g/mol. The molecule has 1 rings (SSSR count). The maximum Gasteiger partial charge on any atom is 0.324 e. The van der Waals surface area contributed by atoms with Crippen LogP contribution in [0.25, 0.3) is 0 Å². The third-order valence-corrected chi connectivity index (χ3v) is 3.09. The van der Waals surface area contributed by atoms with E-state index in [1.807, 2.05) is 6.92 Å². The van der Waals surface area contributed by atoms with Crippen LogP contribution in [0.1, 0.15) is 20.8 Å². The highest BCUT2D eigenvalue weighted by molar-refractivity contribution is 5.75. The van der Waals surface area contributed by atoms with Crippen molar-refractivity contribution in [1.82, 2.24) is 10.2 Å². The molecule has 0 spiro atoms. The second-order valence-corrected chi connectivity index (χ2v) is 4.58. The number of methoxy groups -OCH3 is 1. The Hall–Kier alpha value is -0.650. The van der Waals surface area contributed by atoms with Gasteiger partial charge in [0.15, 0.2) is 0 Å². The number of morpholine rings is 1. The molecule has 0 bridgehead atoms. The van der Waals surface area contributed by atoms with Crippen molar-refractivity contribution in [1.29, 1.82) is 0 Å². The first-order valence-electron chi connectivity index (χ1n) is 6.25. The highest BCUT2D eigenvalue weighted by Crippen LogP contribution is 2.11. The first-order chi connectivity index (χ1) is 8.08. The van der Waals surface area contributed by atoms with Gasteiger partial charge in [0.05, 0.1) is 19.8 Å². The minimum atomic E-state index is -0.252. The van der Waals surface area contributed by atoms with Crippen LogP contribution in [0.3, 0.4) is 0 Å². The molecule has 100 valence electrons. The number of carbonyl (C=O) groups is 1. The quantitative estimate of drug-likeness (QED) is 0.702. The molecule has 1 aliphatic rings. The normalized spacial score (nSPS) is 27.8. The third-order valence-electron chi connectivity index (χ3n) is 3.09. The van der Waals surface area contributed by atoms with Gasteiger partial charge in [-0.15, -0.1) is 0 Å². The third kappa shape index (κ3) is 4.26. The Labute approximate surface area is 103 Å². The van der Waals surface area contributed by atoms with Crippen molar-refractivity contribution < 1.29 is 14.3 Å². The van der Waals surface area contributed by atoms with Crippen LogP contribution in [-0.4, -0.2) is 62.4 Å². The number of likely N-dealkylation sites (N-methyl/N-ethyl adjacent to an activating group) is 1. The van der Waals surface area contributed by atoms with E-state index >= 15 is 0 Å². The molecule has 1 N–H and O–H groups in total. The topological polar surface area (TPSA) is 50.8 Å². The molecule has 1 saturated heterocycles. The zero-order valence-corrected chi connectivity index (χ0v) is 11.2. The van der Waals surface area contributed by atoms with Gasteiger partial charge in [-0.05, 0) is 20.4 Å². The first kappa shape index (κ1) is 14.4. The Bertz CT molecular complexity index is 248. The largest absolute Gasteiger partial charge is 0.468 e. The van der Waals surface area contributed by atoms with Gasteiger partial charge < -0.3 is 14.8 Å². The number of rotatable bonds is 5. The van der Waals surface area contributed by atoms with E-state index in [0.717, 1.165) is 19.7 Å². The van der Waals surface area contributed by atoms with E-state index in [1.54, 1.807) is 0 Å². The minimum absolute atomic E-state index is 0.196. The van der Waals surface area contributed by atoms with Crippen molar-refractivity contribution in [3.63, 3.8) is 0 Å². The molecule has 0 radical (unpaired) electrons. The van der Waals surface area contributed by atoms with Crippen LogP contribution in [0.15, 0.2) is 0 Å². The van der Waals surface area contributed by atoms with Gasteiger partial charge in [-0.2, -0.15) is 0 Å². The van der Waals surface area contributed by atoms with E-state index < -0.39 is 0 Å². The predicted octanol–water partition coefficient (Wildman–Crippen LogP) is 0.247. The summed E-state index contributed by atoms with van der Waals surface area (Å²) in [5.41, 5.74) is 0. The van der Waals surface area contributed by atoms with E-state index in [2.05, 4.69) is 24.1 Å². The van der Waals surface area contributed by atoms with E-state index in [1.165, 1.54) is 7.11 Å². The molecular formula is C12H24N2O3. The number of nitrogens with one attached hydrogen (secondary N) is 1. The van der Waals surface area contributed by atoms with E-state index in [4.69, 9.17) is 9.47 Å². The Balaban J connectivity index is 2.55. The molecule has 0 aliphatic carbocycles. The maximum atomic E-state index is 11.6. The molecule has 5 heteroatoms. The molecule has 0 aromatic rings. The summed E-state index contributed by atoms with van der Waals surface area (Å²) in [5.74, 6) is -0.196. The number of hydrogen-bond donors (Lipinski definition) is 1.